The van der Waals surface area contributed by atoms with Crippen LogP contribution in [-0.4, -0.2) is 19.3 Å². The summed E-state index contributed by atoms with van der Waals surface area (Å²) in [6, 6.07) is 11.6. The molecule has 2 aromatic rings. The second-order valence-electron chi connectivity index (χ2n) is 5.03. The second kappa shape index (κ2) is 6.88. The monoisotopic (exact) mass is 285 g/mol. The number of rotatable bonds is 7. The standard InChI is InChI=1S/C17H19NO3/c1-21-15-8-7-12-10-14(6-5-13(12)11-15)16(17(18)20)4-2-3-9-19/h5-11,16H,2-4H2,1H3,(H2,18,20). The van der Waals surface area contributed by atoms with Crippen LogP contribution in [0.3, 0.4) is 0 Å². The third-order valence-electron chi connectivity index (χ3n) is 3.63. The van der Waals surface area contributed by atoms with E-state index in [0.717, 1.165) is 28.4 Å². The first-order valence-corrected chi connectivity index (χ1v) is 6.96. The van der Waals surface area contributed by atoms with Crippen molar-refractivity contribution in [3.63, 3.8) is 0 Å². The number of benzene rings is 2. The fourth-order valence-corrected chi connectivity index (χ4v) is 2.46. The summed E-state index contributed by atoms with van der Waals surface area (Å²) >= 11 is 0. The second-order valence-corrected chi connectivity index (χ2v) is 5.03. The molecule has 0 aliphatic heterocycles. The Hall–Kier alpha value is -2.36. The molecule has 2 rings (SSSR count). The van der Waals surface area contributed by atoms with Crippen molar-refractivity contribution < 1.29 is 14.3 Å². The molecule has 4 heteroatoms. The van der Waals surface area contributed by atoms with E-state index >= 15 is 0 Å². The molecule has 0 bridgehead atoms. The summed E-state index contributed by atoms with van der Waals surface area (Å²) in [6.07, 6.45) is 2.58. The van der Waals surface area contributed by atoms with Gasteiger partial charge in [0, 0.05) is 6.42 Å². The third-order valence-corrected chi connectivity index (χ3v) is 3.63. The quantitative estimate of drug-likeness (QED) is 0.628. The summed E-state index contributed by atoms with van der Waals surface area (Å²) < 4.78 is 5.20. The minimum Gasteiger partial charge on any atom is -0.497 e. The van der Waals surface area contributed by atoms with Crippen molar-refractivity contribution in [2.45, 2.75) is 25.2 Å². The van der Waals surface area contributed by atoms with Gasteiger partial charge in [0.05, 0.1) is 13.0 Å². The van der Waals surface area contributed by atoms with E-state index in [4.69, 9.17) is 10.5 Å². The molecule has 1 atom stereocenters. The molecule has 2 N–H and O–H groups in total. The number of carbonyl (C=O) groups is 2. The van der Waals surface area contributed by atoms with Gasteiger partial charge in [0.2, 0.25) is 5.91 Å². The zero-order valence-corrected chi connectivity index (χ0v) is 12.0. The third kappa shape index (κ3) is 3.60. The maximum Gasteiger partial charge on any atom is 0.224 e. The van der Waals surface area contributed by atoms with E-state index in [1.807, 2.05) is 36.4 Å². The van der Waals surface area contributed by atoms with Gasteiger partial charge < -0.3 is 15.3 Å². The van der Waals surface area contributed by atoms with Crippen LogP contribution in [-0.2, 0) is 9.59 Å². The number of hydrogen-bond acceptors (Lipinski definition) is 3. The van der Waals surface area contributed by atoms with Gasteiger partial charge in [-0.15, -0.1) is 0 Å². The summed E-state index contributed by atoms with van der Waals surface area (Å²) in [6.45, 7) is 0. The molecule has 0 aliphatic rings. The molecule has 0 saturated carbocycles. The van der Waals surface area contributed by atoms with Crippen LogP contribution in [0, 0.1) is 0 Å². The van der Waals surface area contributed by atoms with E-state index in [1.165, 1.54) is 0 Å². The Morgan fingerprint density at radius 1 is 1.24 bits per heavy atom. The van der Waals surface area contributed by atoms with Gasteiger partial charge in [0.1, 0.15) is 12.0 Å². The average Bonchev–Trinajstić information content (AvgIpc) is 2.50. The fourth-order valence-electron chi connectivity index (χ4n) is 2.46. The largest absolute Gasteiger partial charge is 0.497 e. The molecule has 0 aromatic heterocycles. The lowest BCUT2D eigenvalue weighted by Crippen LogP contribution is -2.21. The summed E-state index contributed by atoms with van der Waals surface area (Å²) in [4.78, 5) is 22.0. The Morgan fingerprint density at radius 3 is 2.62 bits per heavy atom. The number of amides is 1. The van der Waals surface area contributed by atoms with Crippen LogP contribution >= 0.6 is 0 Å². The predicted octanol–water partition coefficient (Wildman–Crippen LogP) is 2.79. The van der Waals surface area contributed by atoms with Gasteiger partial charge in [-0.1, -0.05) is 24.3 Å². The van der Waals surface area contributed by atoms with E-state index in [1.54, 1.807) is 7.11 Å². The van der Waals surface area contributed by atoms with Crippen molar-refractivity contribution in [3.8, 4) is 5.75 Å². The Balaban J connectivity index is 2.30. The highest BCUT2D eigenvalue weighted by molar-refractivity contribution is 5.87. The van der Waals surface area contributed by atoms with Crippen molar-refractivity contribution in [2.75, 3.05) is 7.11 Å². The maximum atomic E-state index is 11.6. The smallest absolute Gasteiger partial charge is 0.224 e. The summed E-state index contributed by atoms with van der Waals surface area (Å²) in [5, 5.41) is 2.09. The van der Waals surface area contributed by atoms with Crippen LogP contribution in [0.25, 0.3) is 10.8 Å². The number of methoxy groups -OCH3 is 1. The highest BCUT2D eigenvalue weighted by Crippen LogP contribution is 2.27. The average molecular weight is 285 g/mol. The topological polar surface area (TPSA) is 69.4 Å². The lowest BCUT2D eigenvalue weighted by Gasteiger charge is -2.14. The number of ether oxygens (including phenoxy) is 1. The summed E-state index contributed by atoms with van der Waals surface area (Å²) in [7, 11) is 1.63. The lowest BCUT2D eigenvalue weighted by molar-refractivity contribution is -0.119. The van der Waals surface area contributed by atoms with Crippen molar-refractivity contribution in [1.29, 1.82) is 0 Å². The van der Waals surface area contributed by atoms with Crippen molar-refractivity contribution >= 4 is 23.0 Å². The maximum absolute atomic E-state index is 11.6. The summed E-state index contributed by atoms with van der Waals surface area (Å²) in [5.41, 5.74) is 6.39. The molecule has 0 heterocycles. The number of aldehydes is 1. The van der Waals surface area contributed by atoms with Gasteiger partial charge in [0.25, 0.3) is 0 Å². The number of primary amides is 1. The van der Waals surface area contributed by atoms with E-state index in [0.29, 0.717) is 19.3 Å². The van der Waals surface area contributed by atoms with Crippen LogP contribution in [0.2, 0.25) is 0 Å². The van der Waals surface area contributed by atoms with E-state index in [2.05, 4.69) is 0 Å². The SMILES string of the molecule is COc1ccc2cc(C(CCCC=O)C(N)=O)ccc2c1. The number of nitrogens with two attached hydrogens (primary N) is 1. The first-order valence-electron chi connectivity index (χ1n) is 6.96. The highest BCUT2D eigenvalue weighted by atomic mass is 16.5. The van der Waals surface area contributed by atoms with E-state index in [9.17, 15) is 9.59 Å². The first-order chi connectivity index (χ1) is 10.2. The number of hydrogen-bond donors (Lipinski definition) is 1. The van der Waals surface area contributed by atoms with Crippen LogP contribution in [0.15, 0.2) is 36.4 Å². The Kier molecular flexibility index (Phi) is 4.93. The molecule has 110 valence electrons. The number of fused-ring (bicyclic) bond motifs is 1. The molecule has 0 saturated heterocycles. The number of unbranched alkanes of at least 4 members (excludes halogenated alkanes) is 1. The van der Waals surface area contributed by atoms with Crippen LogP contribution in [0.4, 0.5) is 0 Å². The first kappa shape index (κ1) is 15.0. The van der Waals surface area contributed by atoms with Crippen molar-refractivity contribution in [2.24, 2.45) is 5.73 Å². The van der Waals surface area contributed by atoms with Gasteiger partial charge in [-0.3, -0.25) is 4.79 Å². The zero-order chi connectivity index (χ0) is 15.2. The molecule has 0 fully saturated rings. The lowest BCUT2D eigenvalue weighted by atomic mass is 9.91. The molecule has 0 spiro atoms. The molecule has 1 unspecified atom stereocenters. The van der Waals surface area contributed by atoms with Gasteiger partial charge >= 0.3 is 0 Å². The van der Waals surface area contributed by atoms with Crippen LogP contribution in [0.1, 0.15) is 30.7 Å². The number of carbonyl (C=O) groups excluding carboxylic acids is 2. The Labute approximate surface area is 123 Å². The van der Waals surface area contributed by atoms with Gasteiger partial charge in [-0.2, -0.15) is 0 Å². The fraction of sp³-hybridized carbons (Fsp3) is 0.294. The minimum atomic E-state index is -0.353. The van der Waals surface area contributed by atoms with Crippen LogP contribution in [0.5, 0.6) is 5.75 Å². The molecule has 0 radical (unpaired) electrons. The summed E-state index contributed by atoms with van der Waals surface area (Å²) in [5.74, 6) is 0.0953. The van der Waals surface area contributed by atoms with Crippen molar-refractivity contribution in [3.05, 3.63) is 42.0 Å². The van der Waals surface area contributed by atoms with Gasteiger partial charge in [0.15, 0.2) is 0 Å². The van der Waals surface area contributed by atoms with E-state index < -0.39 is 0 Å². The Bertz CT molecular complexity index is 652. The molecular weight excluding hydrogens is 266 g/mol. The molecule has 21 heavy (non-hydrogen) atoms. The highest BCUT2D eigenvalue weighted by Gasteiger charge is 2.17. The molecule has 0 aliphatic carbocycles. The molecule has 2 aromatic carbocycles. The normalized spacial score (nSPS) is 12.0. The Morgan fingerprint density at radius 2 is 1.95 bits per heavy atom. The molecule has 1 amide bonds. The molecular formula is C17H19NO3. The minimum absolute atomic E-state index is 0.351. The van der Waals surface area contributed by atoms with E-state index in [-0.39, 0.29) is 11.8 Å². The van der Waals surface area contributed by atoms with Crippen molar-refractivity contribution in [1.82, 2.24) is 0 Å². The van der Waals surface area contributed by atoms with Gasteiger partial charge in [-0.05, 0) is 41.3 Å². The van der Waals surface area contributed by atoms with Gasteiger partial charge in [-0.25, -0.2) is 0 Å². The van der Waals surface area contributed by atoms with Crippen LogP contribution < -0.4 is 10.5 Å². The predicted molar refractivity (Wildman–Crippen MR) is 82.4 cm³/mol. The molecule has 4 nitrogen and oxygen atoms in total. The zero-order valence-electron chi connectivity index (χ0n) is 12.0.